The third-order valence-corrected chi connectivity index (χ3v) is 7.22. The van der Waals surface area contributed by atoms with Crippen LogP contribution in [0.25, 0.3) is 0 Å². The van der Waals surface area contributed by atoms with E-state index in [4.69, 9.17) is 0 Å². The summed E-state index contributed by atoms with van der Waals surface area (Å²) in [5, 5.41) is 0. The van der Waals surface area contributed by atoms with Crippen molar-refractivity contribution in [3.63, 3.8) is 0 Å². The minimum absolute atomic E-state index is 0. The van der Waals surface area contributed by atoms with E-state index in [-0.39, 0.29) is 32.5 Å². The first-order valence-corrected chi connectivity index (χ1v) is 11.7. The van der Waals surface area contributed by atoms with Gasteiger partial charge in [0, 0.05) is 0 Å². The third-order valence-electron chi connectivity index (χ3n) is 7.22. The summed E-state index contributed by atoms with van der Waals surface area (Å²) in [6.07, 6.45) is 8.48. The first-order chi connectivity index (χ1) is 15.4. The van der Waals surface area contributed by atoms with Gasteiger partial charge >= 0.3 is 21.7 Å². The zero-order chi connectivity index (χ0) is 24.8. The number of rotatable bonds is 2. The molecule has 2 atom stereocenters. The van der Waals surface area contributed by atoms with Crippen LogP contribution in [0.5, 0.6) is 0 Å². The summed E-state index contributed by atoms with van der Waals surface area (Å²) in [6.45, 7) is 25.4. The Morgan fingerprint density at radius 1 is 0.588 bits per heavy atom. The maximum Gasteiger partial charge on any atom is 4.00 e. The fourth-order valence-electron chi connectivity index (χ4n) is 4.61. The molecule has 0 fully saturated rings. The van der Waals surface area contributed by atoms with Crippen molar-refractivity contribution in [3.05, 3.63) is 131 Å². The molecule has 0 heterocycles. The molecule has 0 amide bonds. The van der Waals surface area contributed by atoms with Crippen molar-refractivity contribution in [1.29, 1.82) is 0 Å². The van der Waals surface area contributed by atoms with Crippen LogP contribution in [0.15, 0.2) is 94.1 Å². The van der Waals surface area contributed by atoms with Crippen molar-refractivity contribution in [2.24, 2.45) is 10.8 Å². The van der Waals surface area contributed by atoms with Crippen molar-refractivity contribution in [3.8, 4) is 0 Å². The van der Waals surface area contributed by atoms with E-state index in [0.29, 0.717) is 0 Å². The molecular weight excluding hydrogens is 444 g/mol. The summed E-state index contributed by atoms with van der Waals surface area (Å²) >= 11 is 0. The van der Waals surface area contributed by atoms with Gasteiger partial charge in [0.15, 0.2) is 0 Å². The second-order valence-corrected chi connectivity index (χ2v) is 9.81. The number of benzene rings is 2. The van der Waals surface area contributed by atoms with Crippen LogP contribution in [0, 0.1) is 36.8 Å². The van der Waals surface area contributed by atoms with E-state index in [1.165, 1.54) is 33.4 Å². The molecule has 2 aromatic carbocycles. The summed E-state index contributed by atoms with van der Waals surface area (Å²) in [5.41, 5.74) is 10.7. The Morgan fingerprint density at radius 2 is 0.882 bits per heavy atom. The molecule has 1 heteroatoms. The van der Waals surface area contributed by atoms with Crippen LogP contribution >= 0.6 is 0 Å². The first kappa shape index (κ1) is 29.9. The molecule has 2 aromatic rings. The molecule has 2 aliphatic carbocycles. The summed E-state index contributed by atoms with van der Waals surface area (Å²) < 4.78 is 0. The third kappa shape index (κ3) is 7.43. The molecule has 0 radical (unpaired) electrons. The Bertz CT molecular complexity index is 979. The standard InChI is InChI=1S/C19H26.2C7H7.Ti/c1-12-9-18(7,16(5)14(12)3)11-19(8)10-13(2)15(4)17(19)6;2*1-7-5-3-2-4-6-7;/h11H2,1-8H3;2*2-6H,1H2;/q-2;2*-1;+4. The van der Waals surface area contributed by atoms with Gasteiger partial charge in [-0.25, -0.2) is 11.1 Å². The molecule has 0 aromatic heterocycles. The normalized spacial score (nSPS) is 23.2. The zero-order valence-electron chi connectivity index (χ0n) is 22.4. The SMILES string of the molecule is CC1=[C-]C(C)(CC2(C)[C-]=C(C)C(C)=C2C)C(C)=C1C.[CH2-]c1ccccc1.[CH2-]c1ccccc1.[Ti+4]. The molecular formula is C33H40Ti. The maximum absolute atomic E-state index is 3.72. The van der Waals surface area contributed by atoms with E-state index in [1.807, 2.05) is 60.7 Å². The van der Waals surface area contributed by atoms with Gasteiger partial charge in [-0.3, -0.25) is 12.2 Å². The minimum Gasteiger partial charge on any atom is -0.263 e. The van der Waals surface area contributed by atoms with E-state index < -0.39 is 0 Å². The summed E-state index contributed by atoms with van der Waals surface area (Å²) in [7, 11) is 0. The molecule has 2 unspecified atom stereocenters. The van der Waals surface area contributed by atoms with Crippen LogP contribution in [0.1, 0.15) is 72.9 Å². The van der Waals surface area contributed by atoms with E-state index in [2.05, 4.69) is 81.4 Å². The molecule has 0 nitrogen and oxygen atoms in total. The monoisotopic (exact) mass is 484 g/mol. The van der Waals surface area contributed by atoms with E-state index >= 15 is 0 Å². The first-order valence-electron chi connectivity index (χ1n) is 11.7. The molecule has 0 spiro atoms. The molecule has 0 saturated carbocycles. The van der Waals surface area contributed by atoms with Crippen LogP contribution in [-0.2, 0) is 21.7 Å². The number of hydrogen-bond donors (Lipinski definition) is 0. The maximum atomic E-state index is 3.72. The summed E-state index contributed by atoms with van der Waals surface area (Å²) in [4.78, 5) is 0. The second kappa shape index (κ2) is 12.5. The Kier molecular flexibility index (Phi) is 11.0. The fourth-order valence-corrected chi connectivity index (χ4v) is 4.61. The van der Waals surface area contributed by atoms with Crippen LogP contribution in [0.4, 0.5) is 0 Å². The Hall–Kier alpha value is -2.15. The smallest absolute Gasteiger partial charge is 0.263 e. The van der Waals surface area contributed by atoms with Gasteiger partial charge < -0.3 is 0 Å². The minimum atomic E-state index is 0. The predicted octanol–water partition coefficient (Wildman–Crippen LogP) is 9.32. The van der Waals surface area contributed by atoms with Crippen LogP contribution in [0.2, 0.25) is 0 Å². The average Bonchev–Trinajstić information content (AvgIpc) is 3.08. The van der Waals surface area contributed by atoms with Gasteiger partial charge in [-0.1, -0.05) is 70.9 Å². The van der Waals surface area contributed by atoms with Gasteiger partial charge in [0.05, 0.1) is 0 Å². The van der Waals surface area contributed by atoms with Gasteiger partial charge in [0.2, 0.25) is 0 Å². The van der Waals surface area contributed by atoms with Crippen molar-refractivity contribution >= 4 is 0 Å². The van der Waals surface area contributed by atoms with Crippen molar-refractivity contribution in [2.45, 2.75) is 61.8 Å². The van der Waals surface area contributed by atoms with Gasteiger partial charge in [-0.2, -0.15) is 71.5 Å². The zero-order valence-corrected chi connectivity index (χ0v) is 24.0. The average molecular weight is 485 g/mol. The summed E-state index contributed by atoms with van der Waals surface area (Å²) in [6, 6.07) is 19.7. The molecule has 0 saturated heterocycles. The van der Waals surface area contributed by atoms with Crippen LogP contribution in [-0.4, -0.2) is 0 Å². The Balaban J connectivity index is 0.000000315. The molecule has 0 bridgehead atoms. The number of hydrogen-bond acceptors (Lipinski definition) is 0. The molecule has 2 aliphatic rings. The van der Waals surface area contributed by atoms with Gasteiger partial charge in [-0.05, 0) is 0 Å². The van der Waals surface area contributed by atoms with E-state index in [0.717, 1.165) is 17.5 Å². The van der Waals surface area contributed by atoms with Crippen molar-refractivity contribution in [1.82, 2.24) is 0 Å². The van der Waals surface area contributed by atoms with Crippen molar-refractivity contribution in [2.75, 3.05) is 0 Å². The Morgan fingerprint density at radius 3 is 1.06 bits per heavy atom. The van der Waals surface area contributed by atoms with Gasteiger partial charge in [0.25, 0.3) is 0 Å². The molecule has 34 heavy (non-hydrogen) atoms. The van der Waals surface area contributed by atoms with Crippen LogP contribution < -0.4 is 0 Å². The Labute approximate surface area is 224 Å². The largest absolute Gasteiger partial charge is 4.00 e. The molecule has 4 rings (SSSR count). The summed E-state index contributed by atoms with van der Waals surface area (Å²) in [5.74, 6) is 0. The number of allylic oxidation sites excluding steroid dienone is 8. The topological polar surface area (TPSA) is 0 Å². The van der Waals surface area contributed by atoms with Gasteiger partial charge in [-0.15, -0.1) is 38.1 Å². The second-order valence-electron chi connectivity index (χ2n) is 9.81. The molecule has 0 aliphatic heterocycles. The van der Waals surface area contributed by atoms with Gasteiger partial charge in [0.1, 0.15) is 0 Å². The molecule has 176 valence electrons. The quantitative estimate of drug-likeness (QED) is 0.294. The predicted molar refractivity (Wildman–Crippen MR) is 144 cm³/mol. The molecule has 0 N–H and O–H groups in total. The van der Waals surface area contributed by atoms with Crippen molar-refractivity contribution < 1.29 is 21.7 Å². The van der Waals surface area contributed by atoms with E-state index in [1.54, 1.807) is 0 Å². The fraction of sp³-hybridized carbons (Fsp3) is 0.333. The van der Waals surface area contributed by atoms with E-state index in [9.17, 15) is 0 Å². The van der Waals surface area contributed by atoms with Crippen LogP contribution in [0.3, 0.4) is 0 Å².